The van der Waals surface area contributed by atoms with Gasteiger partial charge in [-0.15, -0.1) is 11.8 Å². The minimum Gasteiger partial charge on any atom is -0.469 e. The monoisotopic (exact) mass is 328 g/mol. The van der Waals surface area contributed by atoms with Crippen molar-refractivity contribution in [2.75, 3.05) is 7.11 Å². The summed E-state index contributed by atoms with van der Waals surface area (Å²) in [6.07, 6.45) is 1.81. The fourth-order valence-corrected chi connectivity index (χ4v) is 3.23. The van der Waals surface area contributed by atoms with Gasteiger partial charge in [0.05, 0.1) is 19.2 Å². The van der Waals surface area contributed by atoms with Gasteiger partial charge in [0.1, 0.15) is 11.4 Å². The second-order valence-electron chi connectivity index (χ2n) is 5.03. The molecule has 3 aromatic rings. The number of ether oxygens (including phenoxy) is 1. The summed E-state index contributed by atoms with van der Waals surface area (Å²) in [5, 5.41) is 5.16. The van der Waals surface area contributed by atoms with Gasteiger partial charge >= 0.3 is 5.97 Å². The fraction of sp³-hybridized carbons (Fsp3) is 0.250. The van der Waals surface area contributed by atoms with Gasteiger partial charge in [0, 0.05) is 10.8 Å². The first kappa shape index (κ1) is 15.5. The molecule has 118 valence electrons. The summed E-state index contributed by atoms with van der Waals surface area (Å²) in [7, 11) is 1.40. The Balaban J connectivity index is 1.95. The second kappa shape index (κ2) is 6.78. The van der Waals surface area contributed by atoms with Gasteiger partial charge in [0.2, 0.25) is 0 Å². The molecule has 0 aliphatic rings. The van der Waals surface area contributed by atoms with Gasteiger partial charge in [-0.2, -0.15) is 14.6 Å². The van der Waals surface area contributed by atoms with Crippen LogP contribution in [0.15, 0.2) is 47.8 Å². The number of thioether (sulfide) groups is 1. The predicted molar refractivity (Wildman–Crippen MR) is 88.2 cm³/mol. The van der Waals surface area contributed by atoms with Gasteiger partial charge in [-0.3, -0.25) is 4.79 Å². The molecular formula is C16H16N4O2S. The van der Waals surface area contributed by atoms with Crippen molar-refractivity contribution in [3.8, 4) is 11.3 Å². The van der Waals surface area contributed by atoms with E-state index in [9.17, 15) is 4.79 Å². The lowest BCUT2D eigenvalue weighted by molar-refractivity contribution is -0.140. The van der Waals surface area contributed by atoms with Gasteiger partial charge < -0.3 is 4.74 Å². The Morgan fingerprint density at radius 2 is 2.13 bits per heavy atom. The molecule has 0 amide bonds. The van der Waals surface area contributed by atoms with E-state index in [0.717, 1.165) is 16.3 Å². The van der Waals surface area contributed by atoms with E-state index in [1.54, 1.807) is 16.3 Å². The lowest BCUT2D eigenvalue weighted by Gasteiger charge is -2.11. The number of methoxy groups -OCH3 is 1. The van der Waals surface area contributed by atoms with Gasteiger partial charge in [-0.25, -0.2) is 4.98 Å². The molecule has 2 heterocycles. The van der Waals surface area contributed by atoms with Crippen LogP contribution in [-0.2, 0) is 9.53 Å². The second-order valence-corrected chi connectivity index (χ2v) is 6.48. The minimum atomic E-state index is -0.225. The predicted octanol–water partition coefficient (Wildman–Crippen LogP) is 2.84. The first-order valence-corrected chi connectivity index (χ1v) is 8.05. The zero-order valence-electron chi connectivity index (χ0n) is 12.8. The van der Waals surface area contributed by atoms with Crippen LogP contribution in [0.4, 0.5) is 0 Å². The van der Waals surface area contributed by atoms with Crippen LogP contribution in [0, 0.1) is 0 Å². The standard InChI is InChI=1S/C16H16N4O2S/c1-11(8-15(21)22-2)23-14-9-13(12-6-4-3-5-7-12)19-16-17-10-18-20(14)16/h3-7,9-11H,8H2,1-2H3. The van der Waals surface area contributed by atoms with E-state index >= 15 is 0 Å². The van der Waals surface area contributed by atoms with E-state index in [-0.39, 0.29) is 11.2 Å². The maximum absolute atomic E-state index is 11.4. The number of carbonyl (C=O) groups is 1. The maximum atomic E-state index is 11.4. The number of esters is 1. The normalized spacial score (nSPS) is 12.3. The van der Waals surface area contributed by atoms with Crippen molar-refractivity contribution in [2.24, 2.45) is 0 Å². The van der Waals surface area contributed by atoms with E-state index in [2.05, 4.69) is 15.1 Å². The van der Waals surface area contributed by atoms with E-state index in [1.165, 1.54) is 13.4 Å². The summed E-state index contributed by atoms with van der Waals surface area (Å²) < 4.78 is 6.41. The highest BCUT2D eigenvalue weighted by Gasteiger charge is 2.15. The van der Waals surface area contributed by atoms with Gasteiger partial charge in [-0.1, -0.05) is 37.3 Å². The molecule has 3 rings (SSSR count). The molecule has 0 saturated carbocycles. The Labute approximate surface area is 137 Å². The van der Waals surface area contributed by atoms with Crippen LogP contribution < -0.4 is 0 Å². The Bertz CT molecular complexity index is 819. The largest absolute Gasteiger partial charge is 0.469 e. The SMILES string of the molecule is COC(=O)CC(C)Sc1cc(-c2ccccc2)nc2ncnn12. The molecule has 6 nitrogen and oxygen atoms in total. The highest BCUT2D eigenvalue weighted by molar-refractivity contribution is 7.99. The first-order valence-electron chi connectivity index (χ1n) is 7.17. The minimum absolute atomic E-state index is 0.0564. The highest BCUT2D eigenvalue weighted by atomic mass is 32.2. The summed E-state index contributed by atoms with van der Waals surface area (Å²) in [5.41, 5.74) is 1.85. The van der Waals surface area contributed by atoms with Crippen LogP contribution in [-0.4, -0.2) is 37.9 Å². The van der Waals surface area contributed by atoms with Crippen molar-refractivity contribution < 1.29 is 9.53 Å². The number of carbonyl (C=O) groups excluding carboxylic acids is 1. The summed E-state index contributed by atoms with van der Waals surface area (Å²) in [6, 6.07) is 11.9. The van der Waals surface area contributed by atoms with Crippen molar-refractivity contribution in [3.63, 3.8) is 0 Å². The number of benzene rings is 1. The number of aromatic nitrogens is 4. The van der Waals surface area contributed by atoms with Crippen LogP contribution >= 0.6 is 11.8 Å². The molecule has 1 unspecified atom stereocenters. The molecule has 1 atom stereocenters. The molecule has 0 aliphatic carbocycles. The lowest BCUT2D eigenvalue weighted by Crippen LogP contribution is -2.09. The molecule has 0 radical (unpaired) electrons. The highest BCUT2D eigenvalue weighted by Crippen LogP contribution is 2.28. The number of hydrogen-bond donors (Lipinski definition) is 0. The summed E-state index contributed by atoms with van der Waals surface area (Å²) in [4.78, 5) is 20.2. The smallest absolute Gasteiger partial charge is 0.306 e. The molecule has 1 aromatic carbocycles. The third-order valence-corrected chi connectivity index (χ3v) is 4.39. The van der Waals surface area contributed by atoms with Gasteiger partial charge in [0.25, 0.3) is 5.78 Å². The Morgan fingerprint density at radius 1 is 1.35 bits per heavy atom. The van der Waals surface area contributed by atoms with Crippen LogP contribution in [0.25, 0.3) is 17.0 Å². The molecule has 0 saturated heterocycles. The third kappa shape index (κ3) is 3.50. The average molecular weight is 328 g/mol. The molecule has 7 heteroatoms. The molecule has 2 aromatic heterocycles. The van der Waals surface area contributed by atoms with Crippen molar-refractivity contribution in [1.29, 1.82) is 0 Å². The quantitative estimate of drug-likeness (QED) is 0.407. The summed E-state index contributed by atoms with van der Waals surface area (Å²) in [6.45, 7) is 1.98. The van der Waals surface area contributed by atoms with Crippen molar-refractivity contribution in [1.82, 2.24) is 19.6 Å². The Hall–Kier alpha value is -2.41. The van der Waals surface area contributed by atoms with Crippen molar-refractivity contribution in [2.45, 2.75) is 23.6 Å². The average Bonchev–Trinajstić information content (AvgIpc) is 3.04. The lowest BCUT2D eigenvalue weighted by atomic mass is 10.1. The molecule has 0 bridgehead atoms. The topological polar surface area (TPSA) is 69.4 Å². The van der Waals surface area contributed by atoms with Crippen molar-refractivity contribution in [3.05, 3.63) is 42.7 Å². The zero-order valence-corrected chi connectivity index (χ0v) is 13.7. The molecule has 0 N–H and O–H groups in total. The Kier molecular flexibility index (Phi) is 4.57. The number of hydrogen-bond acceptors (Lipinski definition) is 6. The zero-order chi connectivity index (χ0) is 16.2. The summed E-state index contributed by atoms with van der Waals surface area (Å²) in [5.74, 6) is 0.316. The maximum Gasteiger partial charge on any atom is 0.306 e. The van der Waals surface area contributed by atoms with E-state index in [0.29, 0.717) is 12.2 Å². The molecular weight excluding hydrogens is 312 g/mol. The number of nitrogens with zero attached hydrogens (tertiary/aromatic N) is 4. The first-order chi connectivity index (χ1) is 11.2. The molecule has 0 fully saturated rings. The summed E-state index contributed by atoms with van der Waals surface area (Å²) >= 11 is 1.55. The molecule has 0 aliphatic heterocycles. The third-order valence-electron chi connectivity index (χ3n) is 3.29. The molecule has 0 spiro atoms. The van der Waals surface area contributed by atoms with E-state index in [1.807, 2.05) is 43.3 Å². The van der Waals surface area contributed by atoms with E-state index in [4.69, 9.17) is 4.74 Å². The van der Waals surface area contributed by atoms with Crippen molar-refractivity contribution >= 4 is 23.5 Å². The van der Waals surface area contributed by atoms with E-state index < -0.39 is 0 Å². The van der Waals surface area contributed by atoms with Crippen LogP contribution in [0.3, 0.4) is 0 Å². The Morgan fingerprint density at radius 3 is 2.87 bits per heavy atom. The number of rotatable bonds is 5. The van der Waals surface area contributed by atoms with Crippen LogP contribution in [0.1, 0.15) is 13.3 Å². The number of fused-ring (bicyclic) bond motifs is 1. The molecule has 23 heavy (non-hydrogen) atoms. The fourth-order valence-electron chi connectivity index (χ4n) is 2.19. The van der Waals surface area contributed by atoms with Gasteiger partial charge in [0.15, 0.2) is 0 Å². The van der Waals surface area contributed by atoms with Crippen LogP contribution in [0.2, 0.25) is 0 Å². The van der Waals surface area contributed by atoms with Gasteiger partial charge in [-0.05, 0) is 6.07 Å². The van der Waals surface area contributed by atoms with Crippen LogP contribution in [0.5, 0.6) is 0 Å².